The van der Waals surface area contributed by atoms with E-state index in [1.165, 1.54) is 0 Å². The molecule has 0 radical (unpaired) electrons. The molecule has 0 unspecified atom stereocenters. The highest BCUT2D eigenvalue weighted by molar-refractivity contribution is 14.1. The number of hydrogen-bond donors (Lipinski definition) is 1. The molecule has 4 heteroatoms. The van der Waals surface area contributed by atoms with E-state index < -0.39 is 0 Å². The smallest absolute Gasteiger partial charge is 0.132 e. The van der Waals surface area contributed by atoms with Crippen LogP contribution in [0.1, 0.15) is 18.9 Å². The second-order valence-electron chi connectivity index (χ2n) is 2.82. The van der Waals surface area contributed by atoms with Crippen LogP contribution in [0, 0.1) is 3.57 Å². The Morgan fingerprint density at radius 2 is 2.14 bits per heavy atom. The van der Waals surface area contributed by atoms with E-state index in [1.54, 1.807) is 0 Å². The fourth-order valence-corrected chi connectivity index (χ4v) is 1.74. The summed E-state index contributed by atoms with van der Waals surface area (Å²) in [4.78, 5) is 0. The highest BCUT2D eigenvalue weighted by Crippen LogP contribution is 2.21. The Hall–Kier alpha value is -0.0000000000000000555. The summed E-state index contributed by atoms with van der Waals surface area (Å²) in [7, 11) is 0. The third-order valence-electron chi connectivity index (χ3n) is 1.69. The van der Waals surface area contributed by atoms with Gasteiger partial charge in [-0.25, -0.2) is 0 Å². The monoisotopic (exact) mass is 327 g/mol. The Bertz CT molecular complexity index is 281. The summed E-state index contributed by atoms with van der Waals surface area (Å²) in [6, 6.07) is 6.05. The van der Waals surface area contributed by atoms with E-state index in [4.69, 9.17) is 10.5 Å². The van der Waals surface area contributed by atoms with Gasteiger partial charge in [0.25, 0.3) is 0 Å². The molecule has 0 aromatic heterocycles. The van der Waals surface area contributed by atoms with Crippen LogP contribution in [0.25, 0.3) is 0 Å². The van der Waals surface area contributed by atoms with Gasteiger partial charge in [-0.05, 0) is 46.7 Å². The Balaban J connectivity index is 0.00000169. The number of hydrogen-bond acceptors (Lipinski definition) is 2. The van der Waals surface area contributed by atoms with Crippen LogP contribution in [0.4, 0.5) is 0 Å². The second-order valence-corrected chi connectivity index (χ2v) is 3.98. The van der Waals surface area contributed by atoms with Crippen molar-refractivity contribution in [2.24, 2.45) is 5.73 Å². The summed E-state index contributed by atoms with van der Waals surface area (Å²) in [5, 5.41) is 0. The Labute approximate surface area is 105 Å². The predicted molar refractivity (Wildman–Crippen MR) is 70.1 cm³/mol. The molecule has 2 N–H and O–H groups in total. The number of halogens is 2. The summed E-state index contributed by atoms with van der Waals surface area (Å²) in [5.41, 5.74) is 6.67. The van der Waals surface area contributed by atoms with Crippen LogP contribution < -0.4 is 10.5 Å². The van der Waals surface area contributed by atoms with Gasteiger partial charge >= 0.3 is 0 Å². The molecule has 0 saturated carbocycles. The molecular weight excluding hydrogens is 312 g/mol. The quantitative estimate of drug-likeness (QED) is 0.863. The van der Waals surface area contributed by atoms with Gasteiger partial charge in [-0.15, -0.1) is 12.4 Å². The van der Waals surface area contributed by atoms with Crippen LogP contribution in [0.15, 0.2) is 18.2 Å². The van der Waals surface area contributed by atoms with Gasteiger partial charge in [0.2, 0.25) is 0 Å². The van der Waals surface area contributed by atoms with Crippen LogP contribution in [0.3, 0.4) is 0 Å². The van der Waals surface area contributed by atoms with Gasteiger partial charge in [0.05, 0.1) is 10.2 Å². The maximum Gasteiger partial charge on any atom is 0.132 e. The minimum absolute atomic E-state index is 0. The van der Waals surface area contributed by atoms with Crippen molar-refractivity contribution < 1.29 is 4.74 Å². The average Bonchev–Trinajstić information content (AvgIpc) is 2.16. The summed E-state index contributed by atoms with van der Waals surface area (Å²) in [5.74, 6) is 0.958. The lowest BCUT2D eigenvalue weighted by Gasteiger charge is -2.07. The van der Waals surface area contributed by atoms with Crippen molar-refractivity contribution in [1.29, 1.82) is 0 Å². The second kappa shape index (κ2) is 7.31. The van der Waals surface area contributed by atoms with Crippen molar-refractivity contribution in [3.63, 3.8) is 0 Å². The molecule has 2 nitrogen and oxygen atoms in total. The molecule has 0 aliphatic rings. The van der Waals surface area contributed by atoms with Crippen molar-refractivity contribution in [3.05, 3.63) is 27.3 Å². The molecule has 0 heterocycles. The van der Waals surface area contributed by atoms with Crippen LogP contribution in [0.2, 0.25) is 0 Å². The SMILES string of the molecule is CCCOc1ccc(CN)cc1I.Cl. The fourth-order valence-electron chi connectivity index (χ4n) is 1.00. The van der Waals surface area contributed by atoms with Crippen LogP contribution in [-0.4, -0.2) is 6.61 Å². The van der Waals surface area contributed by atoms with E-state index in [-0.39, 0.29) is 12.4 Å². The third kappa shape index (κ3) is 4.02. The molecule has 0 aliphatic heterocycles. The predicted octanol–water partition coefficient (Wildman–Crippen LogP) is 2.96. The van der Waals surface area contributed by atoms with E-state index in [1.807, 2.05) is 12.1 Å². The van der Waals surface area contributed by atoms with Gasteiger partial charge in [0, 0.05) is 6.54 Å². The van der Waals surface area contributed by atoms with Gasteiger partial charge in [0.15, 0.2) is 0 Å². The zero-order valence-corrected chi connectivity index (χ0v) is 11.1. The molecule has 0 fully saturated rings. The normalized spacial score (nSPS) is 9.36. The summed E-state index contributed by atoms with van der Waals surface area (Å²) in [6.07, 6.45) is 1.04. The van der Waals surface area contributed by atoms with Crippen molar-refractivity contribution in [2.75, 3.05) is 6.61 Å². The largest absolute Gasteiger partial charge is 0.492 e. The molecule has 14 heavy (non-hydrogen) atoms. The van der Waals surface area contributed by atoms with Gasteiger partial charge in [-0.3, -0.25) is 0 Å². The lowest BCUT2D eigenvalue weighted by molar-refractivity contribution is 0.315. The van der Waals surface area contributed by atoms with Crippen LogP contribution in [0.5, 0.6) is 5.75 Å². The number of nitrogens with two attached hydrogens (primary N) is 1. The molecule has 1 rings (SSSR count). The first-order valence-electron chi connectivity index (χ1n) is 4.39. The van der Waals surface area contributed by atoms with Crippen molar-refractivity contribution in [3.8, 4) is 5.75 Å². The van der Waals surface area contributed by atoms with Crippen molar-refractivity contribution in [1.82, 2.24) is 0 Å². The molecule has 80 valence electrons. The van der Waals surface area contributed by atoms with Gasteiger partial charge < -0.3 is 10.5 Å². The highest BCUT2D eigenvalue weighted by atomic mass is 127. The van der Waals surface area contributed by atoms with Gasteiger partial charge in [-0.2, -0.15) is 0 Å². The summed E-state index contributed by atoms with van der Waals surface area (Å²) >= 11 is 2.27. The summed E-state index contributed by atoms with van der Waals surface area (Å²) < 4.78 is 6.67. The number of ether oxygens (including phenoxy) is 1. The first-order valence-corrected chi connectivity index (χ1v) is 5.47. The van der Waals surface area contributed by atoms with Gasteiger partial charge in [0.1, 0.15) is 5.75 Å². The van der Waals surface area contributed by atoms with Crippen LogP contribution >= 0.6 is 35.0 Å². The Morgan fingerprint density at radius 3 is 2.64 bits per heavy atom. The lowest BCUT2D eigenvalue weighted by atomic mass is 10.2. The van der Waals surface area contributed by atoms with E-state index in [9.17, 15) is 0 Å². The Kier molecular flexibility index (Phi) is 7.31. The Morgan fingerprint density at radius 1 is 1.43 bits per heavy atom. The molecule has 0 saturated heterocycles. The zero-order valence-electron chi connectivity index (χ0n) is 8.13. The van der Waals surface area contributed by atoms with Crippen molar-refractivity contribution >= 4 is 35.0 Å². The molecule has 0 amide bonds. The molecule has 1 aromatic rings. The first kappa shape index (κ1) is 14.0. The number of rotatable bonds is 4. The van der Waals surface area contributed by atoms with Gasteiger partial charge in [-0.1, -0.05) is 13.0 Å². The van der Waals surface area contributed by atoms with E-state index >= 15 is 0 Å². The minimum atomic E-state index is 0. The molecule has 0 spiro atoms. The minimum Gasteiger partial charge on any atom is -0.492 e. The van der Waals surface area contributed by atoms with E-state index in [0.29, 0.717) is 6.54 Å². The van der Waals surface area contributed by atoms with E-state index in [0.717, 1.165) is 27.9 Å². The summed E-state index contributed by atoms with van der Waals surface area (Å²) in [6.45, 7) is 3.46. The molecule has 1 aromatic carbocycles. The fraction of sp³-hybridized carbons (Fsp3) is 0.400. The third-order valence-corrected chi connectivity index (χ3v) is 2.54. The lowest BCUT2D eigenvalue weighted by Crippen LogP contribution is -2.00. The average molecular weight is 328 g/mol. The maximum absolute atomic E-state index is 5.54. The number of benzene rings is 1. The molecule has 0 bridgehead atoms. The maximum atomic E-state index is 5.54. The molecular formula is C10H15ClINO. The highest BCUT2D eigenvalue weighted by Gasteiger charge is 2.00. The molecule has 0 aliphatic carbocycles. The first-order chi connectivity index (χ1) is 6.27. The topological polar surface area (TPSA) is 35.2 Å². The zero-order chi connectivity index (χ0) is 9.68. The molecule has 0 atom stereocenters. The van der Waals surface area contributed by atoms with Crippen molar-refractivity contribution in [2.45, 2.75) is 19.9 Å². The standard InChI is InChI=1S/C10H14INO.ClH/c1-2-5-13-10-4-3-8(7-12)6-9(10)11;/h3-4,6H,2,5,7,12H2,1H3;1H. The van der Waals surface area contributed by atoms with Crippen LogP contribution in [-0.2, 0) is 6.54 Å². The van der Waals surface area contributed by atoms with E-state index in [2.05, 4.69) is 35.6 Å².